The quantitative estimate of drug-likeness (QED) is 0.616. The van der Waals surface area contributed by atoms with E-state index in [1.165, 1.54) is 5.57 Å². The van der Waals surface area contributed by atoms with Crippen LogP contribution in [0.4, 0.5) is 4.79 Å². The molecule has 1 rings (SSSR count). The monoisotopic (exact) mass is 242 g/mol. The molecule has 6 nitrogen and oxygen atoms in total. The summed E-state index contributed by atoms with van der Waals surface area (Å²) in [5.74, 6) is -1.35. The van der Waals surface area contributed by atoms with Gasteiger partial charge in [-0.1, -0.05) is 11.6 Å². The highest BCUT2D eigenvalue weighted by Gasteiger charge is 2.31. The summed E-state index contributed by atoms with van der Waals surface area (Å²) in [6.07, 6.45) is 2.78. The zero-order valence-corrected chi connectivity index (χ0v) is 10.1. The van der Waals surface area contributed by atoms with Crippen LogP contribution in [-0.4, -0.2) is 52.3 Å². The first-order valence-electron chi connectivity index (χ1n) is 5.47. The Morgan fingerprint density at radius 1 is 1.59 bits per heavy atom. The van der Waals surface area contributed by atoms with Gasteiger partial charge in [-0.05, 0) is 20.3 Å². The molecule has 3 N–H and O–H groups in total. The second kappa shape index (κ2) is 5.18. The van der Waals surface area contributed by atoms with E-state index in [4.69, 9.17) is 5.11 Å². The number of carboxylic acid groups (broad SMARTS) is 1. The van der Waals surface area contributed by atoms with Crippen molar-refractivity contribution in [3.05, 3.63) is 11.6 Å². The molecular formula is C11H18N2O4. The molecule has 1 heterocycles. The van der Waals surface area contributed by atoms with Crippen LogP contribution < -0.4 is 5.32 Å². The first-order valence-corrected chi connectivity index (χ1v) is 5.47. The first-order chi connectivity index (χ1) is 7.83. The Kier molecular flexibility index (Phi) is 4.11. The number of nitrogens with zero attached hydrogens (tertiary/aromatic N) is 1. The highest BCUT2D eigenvalue weighted by atomic mass is 16.4. The van der Waals surface area contributed by atoms with Gasteiger partial charge >= 0.3 is 12.0 Å². The topological polar surface area (TPSA) is 89.9 Å². The standard InChI is InChI=1S/C11H18N2O4/c1-8-3-5-13(6-4-8)10(16)12-7-11(2,17)9(14)15/h3,17H,4-7H2,1-2H3,(H,12,16)(H,14,15). The van der Waals surface area contributed by atoms with Crippen LogP contribution in [0.3, 0.4) is 0 Å². The fourth-order valence-corrected chi connectivity index (χ4v) is 1.39. The zero-order valence-electron chi connectivity index (χ0n) is 10.1. The van der Waals surface area contributed by atoms with E-state index in [0.717, 1.165) is 13.3 Å². The Hall–Kier alpha value is -1.56. The minimum absolute atomic E-state index is 0.305. The van der Waals surface area contributed by atoms with E-state index >= 15 is 0 Å². The molecule has 6 heteroatoms. The van der Waals surface area contributed by atoms with Gasteiger partial charge in [0.25, 0.3) is 0 Å². The number of nitrogens with one attached hydrogen (secondary N) is 1. The van der Waals surface area contributed by atoms with Crippen LogP contribution in [0.15, 0.2) is 11.6 Å². The van der Waals surface area contributed by atoms with Crippen molar-refractivity contribution in [2.75, 3.05) is 19.6 Å². The SMILES string of the molecule is CC1=CCN(C(=O)NCC(C)(O)C(=O)O)CC1. The molecule has 17 heavy (non-hydrogen) atoms. The molecule has 0 radical (unpaired) electrons. The van der Waals surface area contributed by atoms with Gasteiger partial charge in [-0.15, -0.1) is 0 Å². The predicted octanol–water partition coefficient (Wildman–Crippen LogP) is 0.184. The van der Waals surface area contributed by atoms with Gasteiger partial charge in [0.2, 0.25) is 0 Å². The van der Waals surface area contributed by atoms with E-state index < -0.39 is 11.6 Å². The molecular weight excluding hydrogens is 224 g/mol. The predicted molar refractivity (Wildman–Crippen MR) is 61.6 cm³/mol. The number of carbonyl (C=O) groups excluding carboxylic acids is 1. The summed E-state index contributed by atoms with van der Waals surface area (Å²) in [6.45, 7) is 3.98. The Morgan fingerprint density at radius 2 is 2.24 bits per heavy atom. The lowest BCUT2D eigenvalue weighted by molar-refractivity contribution is -0.155. The summed E-state index contributed by atoms with van der Waals surface area (Å²) >= 11 is 0. The van der Waals surface area contributed by atoms with E-state index in [0.29, 0.717) is 13.1 Å². The number of aliphatic carboxylic acids is 1. The highest BCUT2D eigenvalue weighted by molar-refractivity contribution is 5.79. The average molecular weight is 242 g/mol. The van der Waals surface area contributed by atoms with Crippen LogP contribution in [0.2, 0.25) is 0 Å². The van der Waals surface area contributed by atoms with Gasteiger partial charge in [0, 0.05) is 13.1 Å². The van der Waals surface area contributed by atoms with E-state index in [-0.39, 0.29) is 12.6 Å². The lowest BCUT2D eigenvalue weighted by Gasteiger charge is -2.27. The van der Waals surface area contributed by atoms with Crippen molar-refractivity contribution >= 4 is 12.0 Å². The van der Waals surface area contributed by atoms with Crippen LogP contribution in [0.5, 0.6) is 0 Å². The molecule has 1 aliphatic rings. The molecule has 0 saturated heterocycles. The lowest BCUT2D eigenvalue weighted by Crippen LogP contribution is -2.50. The Balaban J connectivity index is 2.43. The average Bonchev–Trinajstić information content (AvgIpc) is 2.27. The third-order valence-corrected chi connectivity index (χ3v) is 2.77. The molecule has 0 aromatic carbocycles. The number of urea groups is 1. The second-order valence-corrected chi connectivity index (χ2v) is 4.48. The molecule has 0 aromatic rings. The number of hydrogen-bond donors (Lipinski definition) is 3. The van der Waals surface area contributed by atoms with Crippen molar-refractivity contribution in [2.45, 2.75) is 25.9 Å². The van der Waals surface area contributed by atoms with Crippen LogP contribution in [-0.2, 0) is 4.79 Å². The van der Waals surface area contributed by atoms with Gasteiger partial charge in [-0.2, -0.15) is 0 Å². The van der Waals surface area contributed by atoms with Crippen molar-refractivity contribution in [2.24, 2.45) is 0 Å². The molecule has 1 aliphatic heterocycles. The Morgan fingerprint density at radius 3 is 2.71 bits per heavy atom. The smallest absolute Gasteiger partial charge is 0.337 e. The lowest BCUT2D eigenvalue weighted by atomic mass is 10.1. The Bertz CT molecular complexity index is 349. The van der Waals surface area contributed by atoms with Crippen LogP contribution in [0.1, 0.15) is 20.3 Å². The van der Waals surface area contributed by atoms with Crippen LogP contribution in [0, 0.1) is 0 Å². The minimum atomic E-state index is -1.93. The van der Waals surface area contributed by atoms with Gasteiger partial charge in [-0.25, -0.2) is 9.59 Å². The molecule has 0 spiro atoms. The summed E-state index contributed by atoms with van der Waals surface area (Å²) in [5, 5.41) is 20.5. The molecule has 0 aliphatic carbocycles. The zero-order chi connectivity index (χ0) is 13.1. The van der Waals surface area contributed by atoms with Crippen molar-refractivity contribution < 1.29 is 19.8 Å². The minimum Gasteiger partial charge on any atom is -0.479 e. The van der Waals surface area contributed by atoms with Gasteiger partial charge in [0.05, 0.1) is 6.54 Å². The third-order valence-electron chi connectivity index (χ3n) is 2.77. The number of rotatable bonds is 3. The van der Waals surface area contributed by atoms with E-state index in [1.807, 2.05) is 13.0 Å². The maximum Gasteiger partial charge on any atom is 0.337 e. The van der Waals surface area contributed by atoms with Gasteiger partial charge in [-0.3, -0.25) is 0 Å². The van der Waals surface area contributed by atoms with Crippen molar-refractivity contribution in [1.29, 1.82) is 0 Å². The van der Waals surface area contributed by atoms with Gasteiger partial charge in [0.1, 0.15) is 0 Å². The molecule has 1 atom stereocenters. The summed E-state index contributed by atoms with van der Waals surface area (Å²) in [7, 11) is 0. The fourth-order valence-electron chi connectivity index (χ4n) is 1.39. The van der Waals surface area contributed by atoms with Crippen molar-refractivity contribution in [1.82, 2.24) is 10.2 Å². The summed E-state index contributed by atoms with van der Waals surface area (Å²) < 4.78 is 0. The van der Waals surface area contributed by atoms with Crippen molar-refractivity contribution in [3.63, 3.8) is 0 Å². The first kappa shape index (κ1) is 13.5. The van der Waals surface area contributed by atoms with E-state index in [9.17, 15) is 14.7 Å². The second-order valence-electron chi connectivity index (χ2n) is 4.48. The molecule has 0 aromatic heterocycles. The summed E-state index contributed by atoms with van der Waals surface area (Å²) in [4.78, 5) is 23.9. The van der Waals surface area contributed by atoms with Gasteiger partial charge < -0.3 is 20.4 Å². The molecule has 2 amide bonds. The van der Waals surface area contributed by atoms with Gasteiger partial charge in [0.15, 0.2) is 5.60 Å². The maximum atomic E-state index is 11.7. The molecule has 0 saturated carbocycles. The number of hydrogen-bond acceptors (Lipinski definition) is 3. The fraction of sp³-hybridized carbons (Fsp3) is 0.636. The molecule has 0 fully saturated rings. The Labute approximate surface area is 99.9 Å². The molecule has 96 valence electrons. The van der Waals surface area contributed by atoms with E-state index in [1.54, 1.807) is 4.90 Å². The number of aliphatic hydroxyl groups is 1. The normalized spacial score (nSPS) is 19.2. The third kappa shape index (κ3) is 3.74. The number of carboxylic acids is 1. The van der Waals surface area contributed by atoms with E-state index in [2.05, 4.69) is 5.32 Å². The number of carbonyl (C=O) groups is 2. The van der Waals surface area contributed by atoms with Crippen LogP contribution in [0.25, 0.3) is 0 Å². The molecule has 1 unspecified atom stereocenters. The largest absolute Gasteiger partial charge is 0.479 e. The number of amides is 2. The highest BCUT2D eigenvalue weighted by Crippen LogP contribution is 2.09. The molecule has 0 bridgehead atoms. The van der Waals surface area contributed by atoms with Crippen LogP contribution >= 0.6 is 0 Å². The maximum absolute atomic E-state index is 11.7. The van der Waals surface area contributed by atoms with Crippen molar-refractivity contribution in [3.8, 4) is 0 Å². The summed E-state index contributed by atoms with van der Waals surface area (Å²) in [5.41, 5.74) is -0.691. The summed E-state index contributed by atoms with van der Waals surface area (Å²) in [6, 6.07) is -0.352.